The molecule has 0 bridgehead atoms. The van der Waals surface area contributed by atoms with Crippen LogP contribution in [0.25, 0.3) is 22.2 Å². The van der Waals surface area contributed by atoms with Crippen LogP contribution < -0.4 is 0 Å². The van der Waals surface area contributed by atoms with Crippen molar-refractivity contribution in [2.24, 2.45) is 5.92 Å². The van der Waals surface area contributed by atoms with E-state index in [1.165, 1.54) is 48.6 Å². The fraction of sp³-hybridized carbons (Fsp3) is 0.286. The normalized spacial score (nSPS) is 15.5. The fourth-order valence-electron chi connectivity index (χ4n) is 3.70. The summed E-state index contributed by atoms with van der Waals surface area (Å²) >= 11 is 0. The van der Waals surface area contributed by atoms with Gasteiger partial charge in [0.25, 0.3) is 0 Å². The van der Waals surface area contributed by atoms with Crippen molar-refractivity contribution in [1.29, 1.82) is 0 Å². The van der Waals surface area contributed by atoms with Gasteiger partial charge in [-0.3, -0.25) is 0 Å². The predicted octanol–water partition coefficient (Wildman–Crippen LogP) is 5.63. The van der Waals surface area contributed by atoms with E-state index in [4.69, 9.17) is 4.98 Å². The van der Waals surface area contributed by atoms with E-state index in [1.807, 2.05) is 0 Å². The highest BCUT2D eigenvalue weighted by molar-refractivity contribution is 5.85. The molecule has 22 heavy (non-hydrogen) atoms. The minimum absolute atomic E-state index is 0.856. The Morgan fingerprint density at radius 1 is 0.864 bits per heavy atom. The van der Waals surface area contributed by atoms with E-state index >= 15 is 0 Å². The molecule has 2 aromatic carbocycles. The van der Waals surface area contributed by atoms with Gasteiger partial charge in [-0.25, -0.2) is 4.98 Å². The van der Waals surface area contributed by atoms with Gasteiger partial charge in [-0.15, -0.1) is 0 Å². The SMILES string of the molecule is c1ccc(-c2cc(CC3CCCC3)c3ccccc3n2)cc1. The molecule has 1 heteroatoms. The molecule has 0 amide bonds. The van der Waals surface area contributed by atoms with E-state index in [2.05, 4.69) is 60.7 Å². The van der Waals surface area contributed by atoms with Gasteiger partial charge in [0.1, 0.15) is 0 Å². The number of hydrogen-bond donors (Lipinski definition) is 0. The van der Waals surface area contributed by atoms with E-state index in [1.54, 1.807) is 0 Å². The van der Waals surface area contributed by atoms with Crippen molar-refractivity contribution in [3.63, 3.8) is 0 Å². The maximum atomic E-state index is 4.88. The molecule has 1 fully saturated rings. The van der Waals surface area contributed by atoms with Crippen LogP contribution in [0.4, 0.5) is 0 Å². The van der Waals surface area contributed by atoms with E-state index in [0.717, 1.165) is 17.1 Å². The third kappa shape index (κ3) is 2.64. The lowest BCUT2D eigenvalue weighted by Gasteiger charge is -2.13. The third-order valence-electron chi connectivity index (χ3n) is 4.85. The number of pyridine rings is 1. The lowest BCUT2D eigenvalue weighted by molar-refractivity contribution is 0.548. The zero-order chi connectivity index (χ0) is 14.8. The van der Waals surface area contributed by atoms with E-state index in [9.17, 15) is 0 Å². The highest BCUT2D eigenvalue weighted by atomic mass is 14.7. The summed E-state index contributed by atoms with van der Waals surface area (Å²) in [4.78, 5) is 4.88. The molecule has 1 aliphatic carbocycles. The average molecular weight is 287 g/mol. The molecule has 1 aliphatic rings. The molecular formula is C21H21N. The van der Waals surface area contributed by atoms with Gasteiger partial charge < -0.3 is 0 Å². The summed E-state index contributed by atoms with van der Waals surface area (Å²) in [6, 6.07) is 21.4. The Labute approximate surface area is 132 Å². The second-order valence-electron chi connectivity index (χ2n) is 6.40. The summed E-state index contributed by atoms with van der Waals surface area (Å²) in [5.74, 6) is 0.856. The number of hydrogen-bond acceptors (Lipinski definition) is 1. The molecule has 1 nitrogen and oxygen atoms in total. The lowest BCUT2D eigenvalue weighted by atomic mass is 9.94. The Morgan fingerprint density at radius 3 is 2.41 bits per heavy atom. The Kier molecular flexibility index (Phi) is 3.64. The maximum Gasteiger partial charge on any atom is 0.0712 e. The smallest absolute Gasteiger partial charge is 0.0712 e. The van der Waals surface area contributed by atoms with Crippen molar-refractivity contribution in [1.82, 2.24) is 4.98 Å². The molecule has 110 valence electrons. The number of fused-ring (bicyclic) bond motifs is 1. The van der Waals surface area contributed by atoms with Gasteiger partial charge in [0.2, 0.25) is 0 Å². The summed E-state index contributed by atoms with van der Waals surface area (Å²) < 4.78 is 0. The van der Waals surface area contributed by atoms with Crippen molar-refractivity contribution < 1.29 is 0 Å². The summed E-state index contributed by atoms with van der Waals surface area (Å²) in [6.07, 6.45) is 6.77. The molecule has 0 atom stereocenters. The summed E-state index contributed by atoms with van der Waals surface area (Å²) in [5.41, 5.74) is 4.90. The molecule has 0 N–H and O–H groups in total. The zero-order valence-corrected chi connectivity index (χ0v) is 12.8. The molecule has 1 saturated carbocycles. The minimum Gasteiger partial charge on any atom is -0.248 e. The lowest BCUT2D eigenvalue weighted by Crippen LogP contribution is -2.01. The molecule has 1 heterocycles. The Balaban J connectivity index is 1.82. The third-order valence-corrected chi connectivity index (χ3v) is 4.85. The van der Waals surface area contributed by atoms with E-state index in [0.29, 0.717) is 0 Å². The average Bonchev–Trinajstić information content (AvgIpc) is 3.09. The summed E-state index contributed by atoms with van der Waals surface area (Å²) in [6.45, 7) is 0. The first-order valence-corrected chi connectivity index (χ1v) is 8.34. The molecule has 4 rings (SSSR count). The number of para-hydroxylation sites is 1. The second kappa shape index (κ2) is 5.92. The van der Waals surface area contributed by atoms with Crippen molar-refractivity contribution >= 4 is 10.9 Å². The van der Waals surface area contributed by atoms with Gasteiger partial charge in [0, 0.05) is 10.9 Å². The van der Waals surface area contributed by atoms with Crippen LogP contribution in [0.3, 0.4) is 0 Å². The van der Waals surface area contributed by atoms with Crippen molar-refractivity contribution in [2.75, 3.05) is 0 Å². The number of benzene rings is 2. The van der Waals surface area contributed by atoms with Crippen LogP contribution in [0.1, 0.15) is 31.2 Å². The van der Waals surface area contributed by atoms with Gasteiger partial charge in [-0.1, -0.05) is 74.2 Å². The van der Waals surface area contributed by atoms with Crippen LogP contribution in [0, 0.1) is 5.92 Å². The molecule has 0 radical (unpaired) electrons. The van der Waals surface area contributed by atoms with Crippen LogP contribution >= 0.6 is 0 Å². The quantitative estimate of drug-likeness (QED) is 0.608. The van der Waals surface area contributed by atoms with Gasteiger partial charge >= 0.3 is 0 Å². The zero-order valence-electron chi connectivity index (χ0n) is 12.8. The van der Waals surface area contributed by atoms with Crippen LogP contribution in [0.15, 0.2) is 60.7 Å². The van der Waals surface area contributed by atoms with E-state index in [-0.39, 0.29) is 0 Å². The standard InChI is InChI=1S/C21H21N/c1-2-10-17(11-3-1)21-15-18(14-16-8-4-5-9-16)19-12-6-7-13-20(19)22-21/h1-3,6-7,10-13,15-16H,4-5,8-9,14H2. The van der Waals surface area contributed by atoms with Gasteiger partial charge in [0.05, 0.1) is 11.2 Å². The van der Waals surface area contributed by atoms with Crippen molar-refractivity contribution in [2.45, 2.75) is 32.1 Å². The van der Waals surface area contributed by atoms with Gasteiger partial charge in [0.15, 0.2) is 0 Å². The minimum atomic E-state index is 0.856. The highest BCUT2D eigenvalue weighted by Crippen LogP contribution is 2.32. The monoisotopic (exact) mass is 287 g/mol. The molecule has 0 saturated heterocycles. The first-order chi connectivity index (χ1) is 10.9. The highest BCUT2D eigenvalue weighted by Gasteiger charge is 2.17. The largest absolute Gasteiger partial charge is 0.248 e. The van der Waals surface area contributed by atoms with Gasteiger partial charge in [-0.05, 0) is 30.0 Å². The Bertz CT molecular complexity index is 770. The van der Waals surface area contributed by atoms with E-state index < -0.39 is 0 Å². The topological polar surface area (TPSA) is 12.9 Å². The fourth-order valence-corrected chi connectivity index (χ4v) is 3.70. The van der Waals surface area contributed by atoms with Crippen LogP contribution in [-0.2, 0) is 6.42 Å². The second-order valence-corrected chi connectivity index (χ2v) is 6.40. The number of nitrogens with zero attached hydrogens (tertiary/aromatic N) is 1. The molecule has 0 spiro atoms. The Hall–Kier alpha value is -2.15. The van der Waals surface area contributed by atoms with Crippen molar-refractivity contribution in [3.8, 4) is 11.3 Å². The van der Waals surface area contributed by atoms with Crippen LogP contribution in [-0.4, -0.2) is 4.98 Å². The first-order valence-electron chi connectivity index (χ1n) is 8.34. The Morgan fingerprint density at radius 2 is 1.59 bits per heavy atom. The van der Waals surface area contributed by atoms with Crippen LogP contribution in [0.5, 0.6) is 0 Å². The maximum absolute atomic E-state index is 4.88. The number of aromatic nitrogens is 1. The van der Waals surface area contributed by atoms with Gasteiger partial charge in [-0.2, -0.15) is 0 Å². The number of rotatable bonds is 3. The molecule has 1 aromatic heterocycles. The molecular weight excluding hydrogens is 266 g/mol. The molecule has 0 aliphatic heterocycles. The van der Waals surface area contributed by atoms with Crippen molar-refractivity contribution in [3.05, 3.63) is 66.2 Å². The molecule has 0 unspecified atom stereocenters. The first kappa shape index (κ1) is 13.5. The van der Waals surface area contributed by atoms with Crippen LogP contribution in [0.2, 0.25) is 0 Å². The molecule has 3 aromatic rings. The summed E-state index contributed by atoms with van der Waals surface area (Å²) in [7, 11) is 0. The predicted molar refractivity (Wildman–Crippen MR) is 92.8 cm³/mol. The summed E-state index contributed by atoms with van der Waals surface area (Å²) in [5, 5.41) is 1.33.